The second-order valence-electron chi connectivity index (χ2n) is 12.9. The fraction of sp³-hybridized carbons (Fsp3) is 0.947. The standard InChI is InChI=1S/C38H74O4/c1-4-7-10-13-15-17-19-21-23-25-28-30-33-36(39)41-38(35-32-27-12-9-6-3)42-37(40)34-31-29-26-24-22-20-18-16-14-11-8-5-2/h38H,4-35H2,1-3H3. The van der Waals surface area contributed by atoms with E-state index in [1.165, 1.54) is 148 Å². The first-order chi connectivity index (χ1) is 20.6. The topological polar surface area (TPSA) is 52.6 Å². The van der Waals surface area contributed by atoms with Crippen molar-refractivity contribution in [2.24, 2.45) is 0 Å². The van der Waals surface area contributed by atoms with Crippen molar-refractivity contribution < 1.29 is 19.1 Å². The Balaban J connectivity index is 4.00. The molecule has 0 saturated carbocycles. The summed E-state index contributed by atoms with van der Waals surface area (Å²) < 4.78 is 11.3. The number of hydrogen-bond donors (Lipinski definition) is 0. The van der Waals surface area contributed by atoms with Crippen LogP contribution in [-0.4, -0.2) is 18.2 Å². The third-order valence-electron chi connectivity index (χ3n) is 8.54. The van der Waals surface area contributed by atoms with E-state index in [1.807, 2.05) is 0 Å². The maximum atomic E-state index is 12.5. The van der Waals surface area contributed by atoms with Gasteiger partial charge in [0.25, 0.3) is 0 Å². The van der Waals surface area contributed by atoms with Crippen molar-refractivity contribution in [1.82, 2.24) is 0 Å². The molecule has 0 aromatic heterocycles. The van der Waals surface area contributed by atoms with Gasteiger partial charge in [-0.05, 0) is 19.3 Å². The summed E-state index contributed by atoms with van der Waals surface area (Å²) in [6, 6.07) is 0. The van der Waals surface area contributed by atoms with Crippen molar-refractivity contribution in [1.29, 1.82) is 0 Å². The molecule has 4 heteroatoms. The van der Waals surface area contributed by atoms with Crippen LogP contribution < -0.4 is 0 Å². The normalized spacial score (nSPS) is 11.3. The Morgan fingerprint density at radius 3 is 0.881 bits per heavy atom. The van der Waals surface area contributed by atoms with Crippen molar-refractivity contribution in [2.45, 2.75) is 233 Å². The molecule has 250 valence electrons. The third kappa shape index (κ3) is 31.9. The molecule has 0 aliphatic heterocycles. The molecule has 0 saturated heterocycles. The Labute approximate surface area is 263 Å². The molecular weight excluding hydrogens is 520 g/mol. The molecule has 42 heavy (non-hydrogen) atoms. The van der Waals surface area contributed by atoms with Crippen LogP contribution in [0.4, 0.5) is 0 Å². The predicted octanol–water partition coefficient (Wildman–Crippen LogP) is 12.9. The highest BCUT2D eigenvalue weighted by Gasteiger charge is 2.18. The molecule has 0 aliphatic carbocycles. The molecule has 0 heterocycles. The van der Waals surface area contributed by atoms with Crippen LogP contribution in [0.3, 0.4) is 0 Å². The molecule has 0 fully saturated rings. The zero-order chi connectivity index (χ0) is 30.8. The molecule has 0 N–H and O–H groups in total. The van der Waals surface area contributed by atoms with E-state index in [2.05, 4.69) is 20.8 Å². The van der Waals surface area contributed by atoms with E-state index in [-0.39, 0.29) is 11.9 Å². The van der Waals surface area contributed by atoms with Crippen molar-refractivity contribution in [3.05, 3.63) is 0 Å². The summed E-state index contributed by atoms with van der Waals surface area (Å²) in [5.41, 5.74) is 0. The fourth-order valence-corrected chi connectivity index (χ4v) is 5.69. The van der Waals surface area contributed by atoms with Crippen LogP contribution in [0, 0.1) is 0 Å². The van der Waals surface area contributed by atoms with E-state index in [0.717, 1.165) is 38.5 Å². The number of rotatable bonds is 34. The number of unbranched alkanes of at least 4 members (excludes halogenated alkanes) is 26. The molecule has 0 radical (unpaired) electrons. The SMILES string of the molecule is CCCCCCCCCCCCCCC(=O)OC(CCCCCCC)OC(=O)CCCCCCCCCCCCCC. The highest BCUT2D eigenvalue weighted by molar-refractivity contribution is 5.71. The van der Waals surface area contributed by atoms with Crippen molar-refractivity contribution in [3.63, 3.8) is 0 Å². The van der Waals surface area contributed by atoms with E-state index in [0.29, 0.717) is 19.3 Å². The molecule has 0 bridgehead atoms. The molecule has 0 unspecified atom stereocenters. The largest absolute Gasteiger partial charge is 0.425 e. The Morgan fingerprint density at radius 2 is 0.595 bits per heavy atom. The minimum absolute atomic E-state index is 0.209. The summed E-state index contributed by atoms with van der Waals surface area (Å²) in [5.74, 6) is -0.419. The lowest BCUT2D eigenvalue weighted by Gasteiger charge is -2.18. The maximum Gasteiger partial charge on any atom is 0.308 e. The van der Waals surface area contributed by atoms with Crippen LogP contribution in [-0.2, 0) is 19.1 Å². The molecule has 0 aliphatic rings. The van der Waals surface area contributed by atoms with Gasteiger partial charge < -0.3 is 9.47 Å². The molecule has 0 rings (SSSR count). The van der Waals surface area contributed by atoms with E-state index in [9.17, 15) is 9.59 Å². The summed E-state index contributed by atoms with van der Waals surface area (Å²) in [7, 11) is 0. The first-order valence-corrected chi connectivity index (χ1v) is 19.0. The van der Waals surface area contributed by atoms with E-state index >= 15 is 0 Å². The van der Waals surface area contributed by atoms with Crippen molar-refractivity contribution in [3.8, 4) is 0 Å². The Hall–Kier alpha value is -1.06. The van der Waals surface area contributed by atoms with Crippen LogP contribution in [0.1, 0.15) is 226 Å². The summed E-state index contributed by atoms with van der Waals surface area (Å²) in [4.78, 5) is 25.0. The first kappa shape index (κ1) is 40.9. The van der Waals surface area contributed by atoms with Crippen LogP contribution in [0.5, 0.6) is 0 Å². The molecule has 0 aromatic rings. The smallest absolute Gasteiger partial charge is 0.308 e. The van der Waals surface area contributed by atoms with Gasteiger partial charge in [0.15, 0.2) is 0 Å². The summed E-state index contributed by atoms with van der Waals surface area (Å²) in [6.45, 7) is 6.74. The molecule has 0 spiro atoms. The zero-order valence-electron chi connectivity index (χ0n) is 28.8. The average molecular weight is 595 g/mol. The fourth-order valence-electron chi connectivity index (χ4n) is 5.69. The predicted molar refractivity (Wildman–Crippen MR) is 181 cm³/mol. The summed E-state index contributed by atoms with van der Waals surface area (Å²) >= 11 is 0. The van der Waals surface area contributed by atoms with Crippen LogP contribution in [0.25, 0.3) is 0 Å². The number of carbonyl (C=O) groups excluding carboxylic acids is 2. The second-order valence-corrected chi connectivity index (χ2v) is 12.9. The van der Waals surface area contributed by atoms with Crippen LogP contribution in [0.15, 0.2) is 0 Å². The van der Waals surface area contributed by atoms with Gasteiger partial charge in [-0.15, -0.1) is 0 Å². The van der Waals surface area contributed by atoms with Gasteiger partial charge in [-0.3, -0.25) is 9.59 Å². The molecular formula is C38H74O4. The monoisotopic (exact) mass is 595 g/mol. The summed E-state index contributed by atoms with van der Waals surface area (Å²) in [6.07, 6.45) is 37.0. The van der Waals surface area contributed by atoms with Gasteiger partial charge in [-0.1, -0.05) is 188 Å². The molecule has 0 aromatic carbocycles. The quantitative estimate of drug-likeness (QED) is 0.0422. The Kier molecular flexibility index (Phi) is 33.6. The van der Waals surface area contributed by atoms with Gasteiger partial charge in [0.1, 0.15) is 0 Å². The van der Waals surface area contributed by atoms with Crippen molar-refractivity contribution in [2.75, 3.05) is 0 Å². The van der Waals surface area contributed by atoms with Crippen LogP contribution >= 0.6 is 0 Å². The van der Waals surface area contributed by atoms with E-state index in [1.54, 1.807) is 0 Å². The van der Waals surface area contributed by atoms with Gasteiger partial charge in [-0.2, -0.15) is 0 Å². The lowest BCUT2D eigenvalue weighted by atomic mass is 10.0. The number of hydrogen-bond acceptors (Lipinski definition) is 4. The molecule has 0 atom stereocenters. The van der Waals surface area contributed by atoms with E-state index < -0.39 is 6.29 Å². The summed E-state index contributed by atoms with van der Waals surface area (Å²) in [5, 5.41) is 0. The average Bonchev–Trinajstić information content (AvgIpc) is 2.98. The third-order valence-corrected chi connectivity index (χ3v) is 8.54. The first-order valence-electron chi connectivity index (χ1n) is 19.0. The van der Waals surface area contributed by atoms with Gasteiger partial charge in [0.2, 0.25) is 6.29 Å². The minimum atomic E-state index is -0.707. The Bertz CT molecular complexity index is 519. The van der Waals surface area contributed by atoms with Crippen LogP contribution in [0.2, 0.25) is 0 Å². The second kappa shape index (κ2) is 34.4. The Morgan fingerprint density at radius 1 is 0.357 bits per heavy atom. The zero-order valence-corrected chi connectivity index (χ0v) is 28.8. The maximum absolute atomic E-state index is 12.5. The highest BCUT2D eigenvalue weighted by Crippen LogP contribution is 2.17. The number of esters is 2. The van der Waals surface area contributed by atoms with Gasteiger partial charge in [0.05, 0.1) is 0 Å². The van der Waals surface area contributed by atoms with Crippen molar-refractivity contribution >= 4 is 11.9 Å². The van der Waals surface area contributed by atoms with Gasteiger partial charge in [-0.25, -0.2) is 0 Å². The van der Waals surface area contributed by atoms with Gasteiger partial charge in [0, 0.05) is 19.3 Å². The number of ether oxygens (including phenoxy) is 2. The van der Waals surface area contributed by atoms with E-state index in [4.69, 9.17) is 9.47 Å². The molecule has 0 amide bonds. The number of carbonyl (C=O) groups is 2. The highest BCUT2D eigenvalue weighted by atomic mass is 16.7. The molecule has 4 nitrogen and oxygen atoms in total. The van der Waals surface area contributed by atoms with Gasteiger partial charge >= 0.3 is 11.9 Å². The lowest BCUT2D eigenvalue weighted by Crippen LogP contribution is -2.24. The lowest BCUT2D eigenvalue weighted by molar-refractivity contribution is -0.189. The minimum Gasteiger partial charge on any atom is -0.425 e.